The van der Waals surface area contributed by atoms with Crippen molar-refractivity contribution in [3.05, 3.63) is 46.5 Å². The van der Waals surface area contributed by atoms with E-state index in [2.05, 4.69) is 75.9 Å². The summed E-state index contributed by atoms with van der Waals surface area (Å²) in [6, 6.07) is 8.40. The van der Waals surface area contributed by atoms with E-state index in [1.54, 1.807) is 17.7 Å². The first-order valence-electron chi connectivity index (χ1n) is 9.06. The number of nitrogens with one attached hydrogen (secondary N) is 1. The Morgan fingerprint density at radius 1 is 1.17 bits per heavy atom. The van der Waals surface area contributed by atoms with Crippen LogP contribution in [0.4, 0.5) is 5.13 Å². The molecular weight excluding hydrogens is 422 g/mol. The number of thioether (sulfide) groups is 1. The number of carbonyl (C=O) groups is 1. The third-order valence-corrected chi connectivity index (χ3v) is 7.23. The molecular formula is C20H19N5OS3. The van der Waals surface area contributed by atoms with Crippen LogP contribution < -0.4 is 5.32 Å². The van der Waals surface area contributed by atoms with Gasteiger partial charge >= 0.3 is 0 Å². The lowest BCUT2D eigenvalue weighted by molar-refractivity contribution is -0.113. The van der Waals surface area contributed by atoms with Crippen LogP contribution in [0.2, 0.25) is 0 Å². The number of anilines is 1. The maximum absolute atomic E-state index is 12.4. The van der Waals surface area contributed by atoms with E-state index in [1.165, 1.54) is 28.7 Å². The number of nitrogens with zero attached hydrogens (tertiary/aromatic N) is 4. The van der Waals surface area contributed by atoms with Gasteiger partial charge in [0.25, 0.3) is 0 Å². The SMILES string of the molecule is Cc1ccc(-c2csc3ncnc(SCC(=O)Nc4nnc(C(C)C)s4)c23)cc1. The van der Waals surface area contributed by atoms with Crippen LogP contribution in [0.1, 0.15) is 30.3 Å². The average molecular weight is 442 g/mol. The van der Waals surface area contributed by atoms with Crippen molar-refractivity contribution in [2.75, 3.05) is 11.1 Å². The van der Waals surface area contributed by atoms with Crippen LogP contribution in [0.3, 0.4) is 0 Å². The van der Waals surface area contributed by atoms with Crippen molar-refractivity contribution in [2.45, 2.75) is 31.7 Å². The molecule has 4 rings (SSSR count). The predicted octanol–water partition coefficient (Wildman–Crippen LogP) is 5.37. The normalized spacial score (nSPS) is 11.3. The Morgan fingerprint density at radius 3 is 2.69 bits per heavy atom. The fourth-order valence-electron chi connectivity index (χ4n) is 2.71. The Balaban J connectivity index is 1.52. The van der Waals surface area contributed by atoms with E-state index in [-0.39, 0.29) is 11.7 Å². The van der Waals surface area contributed by atoms with Crippen LogP contribution in [0.5, 0.6) is 0 Å². The smallest absolute Gasteiger partial charge is 0.236 e. The molecule has 0 saturated heterocycles. The van der Waals surface area contributed by atoms with Crippen molar-refractivity contribution in [3.63, 3.8) is 0 Å². The van der Waals surface area contributed by atoms with Gasteiger partial charge in [0, 0.05) is 16.9 Å². The number of thiophene rings is 1. The Hall–Kier alpha value is -2.36. The van der Waals surface area contributed by atoms with Gasteiger partial charge in [-0.2, -0.15) is 0 Å². The Morgan fingerprint density at radius 2 is 1.97 bits per heavy atom. The van der Waals surface area contributed by atoms with Crippen LogP contribution in [-0.4, -0.2) is 31.8 Å². The minimum Gasteiger partial charge on any atom is -0.300 e. The molecule has 0 unspecified atom stereocenters. The molecule has 1 amide bonds. The molecule has 1 aromatic carbocycles. The molecule has 3 aromatic heterocycles. The number of fused-ring (bicyclic) bond motifs is 1. The summed E-state index contributed by atoms with van der Waals surface area (Å²) in [5.41, 5.74) is 3.44. The van der Waals surface area contributed by atoms with E-state index in [0.29, 0.717) is 11.0 Å². The molecule has 1 N–H and O–H groups in total. The standard InChI is InChI=1S/C20H19N5OS3/c1-11(2)17-24-25-20(29-17)23-15(26)9-28-19-16-14(8-27-18(16)21-10-22-19)13-6-4-12(3)5-7-13/h4-8,10-11H,9H2,1-3H3,(H,23,25,26). The molecule has 148 valence electrons. The van der Waals surface area contributed by atoms with Gasteiger partial charge in [0.15, 0.2) is 0 Å². The molecule has 0 saturated carbocycles. The molecule has 0 bridgehead atoms. The minimum atomic E-state index is -0.125. The highest BCUT2D eigenvalue weighted by atomic mass is 32.2. The number of rotatable bonds is 6. The fraction of sp³-hybridized carbons (Fsp3) is 0.250. The van der Waals surface area contributed by atoms with Crippen molar-refractivity contribution in [1.82, 2.24) is 20.2 Å². The Bertz CT molecular complexity index is 1150. The second kappa shape index (κ2) is 8.56. The van der Waals surface area contributed by atoms with Crippen molar-refractivity contribution in [1.29, 1.82) is 0 Å². The molecule has 0 radical (unpaired) electrons. The van der Waals surface area contributed by atoms with Crippen LogP contribution in [0, 0.1) is 6.92 Å². The van der Waals surface area contributed by atoms with Crippen molar-refractivity contribution in [3.8, 4) is 11.1 Å². The van der Waals surface area contributed by atoms with Gasteiger partial charge in [0.1, 0.15) is 21.2 Å². The van der Waals surface area contributed by atoms with Gasteiger partial charge in [-0.15, -0.1) is 21.5 Å². The number of hydrogen-bond donors (Lipinski definition) is 1. The molecule has 0 aliphatic carbocycles. The highest BCUT2D eigenvalue weighted by Crippen LogP contribution is 2.38. The number of amides is 1. The lowest BCUT2D eigenvalue weighted by atomic mass is 10.1. The molecule has 3 heterocycles. The molecule has 9 heteroatoms. The van der Waals surface area contributed by atoms with Crippen molar-refractivity contribution >= 4 is 55.7 Å². The Labute approximate surface area is 180 Å². The zero-order valence-electron chi connectivity index (χ0n) is 16.2. The second-order valence-electron chi connectivity index (χ2n) is 6.81. The van der Waals surface area contributed by atoms with Crippen molar-refractivity contribution < 1.29 is 4.79 Å². The molecule has 0 atom stereocenters. The average Bonchev–Trinajstić information content (AvgIpc) is 3.34. The van der Waals surface area contributed by atoms with E-state index in [1.807, 2.05) is 0 Å². The fourth-order valence-corrected chi connectivity index (χ4v) is 5.27. The second-order valence-corrected chi connectivity index (χ2v) is 9.64. The van der Waals surface area contributed by atoms with E-state index in [4.69, 9.17) is 0 Å². The van der Waals surface area contributed by atoms with E-state index in [0.717, 1.165) is 31.4 Å². The zero-order chi connectivity index (χ0) is 20.4. The van der Waals surface area contributed by atoms with Gasteiger partial charge in [-0.25, -0.2) is 9.97 Å². The van der Waals surface area contributed by atoms with Crippen LogP contribution in [0.15, 0.2) is 41.0 Å². The number of aryl methyl sites for hydroxylation is 1. The first-order chi connectivity index (χ1) is 14.0. The van der Waals surface area contributed by atoms with Gasteiger partial charge in [0.05, 0.1) is 11.1 Å². The number of hydrogen-bond acceptors (Lipinski definition) is 8. The zero-order valence-corrected chi connectivity index (χ0v) is 18.6. The summed E-state index contributed by atoms with van der Waals surface area (Å²) in [4.78, 5) is 22.2. The first-order valence-corrected chi connectivity index (χ1v) is 11.7. The first kappa shape index (κ1) is 19.9. The van der Waals surface area contributed by atoms with Gasteiger partial charge in [-0.05, 0) is 12.5 Å². The van der Waals surface area contributed by atoms with Gasteiger partial charge < -0.3 is 0 Å². The quantitative estimate of drug-likeness (QED) is 0.320. The third kappa shape index (κ3) is 4.47. The number of benzene rings is 1. The highest BCUT2D eigenvalue weighted by Gasteiger charge is 2.16. The lowest BCUT2D eigenvalue weighted by Crippen LogP contribution is -2.14. The molecule has 0 aliphatic rings. The molecule has 4 aromatic rings. The number of carbonyl (C=O) groups excluding carboxylic acids is 1. The molecule has 0 spiro atoms. The monoisotopic (exact) mass is 441 g/mol. The van der Waals surface area contributed by atoms with E-state index >= 15 is 0 Å². The molecule has 0 fully saturated rings. The summed E-state index contributed by atoms with van der Waals surface area (Å²) in [7, 11) is 0. The highest BCUT2D eigenvalue weighted by molar-refractivity contribution is 8.00. The largest absolute Gasteiger partial charge is 0.300 e. The van der Waals surface area contributed by atoms with Gasteiger partial charge in [0.2, 0.25) is 11.0 Å². The summed E-state index contributed by atoms with van der Waals surface area (Å²) in [6.45, 7) is 6.17. The molecule has 29 heavy (non-hydrogen) atoms. The summed E-state index contributed by atoms with van der Waals surface area (Å²) in [5.74, 6) is 0.409. The van der Waals surface area contributed by atoms with Gasteiger partial charge in [-0.1, -0.05) is 66.8 Å². The van der Waals surface area contributed by atoms with Crippen LogP contribution >= 0.6 is 34.4 Å². The summed E-state index contributed by atoms with van der Waals surface area (Å²) >= 11 is 4.40. The summed E-state index contributed by atoms with van der Waals surface area (Å²) in [5, 5.41) is 16.3. The summed E-state index contributed by atoms with van der Waals surface area (Å²) in [6.07, 6.45) is 1.55. The molecule has 6 nitrogen and oxygen atoms in total. The van der Waals surface area contributed by atoms with Gasteiger partial charge in [-0.3, -0.25) is 10.1 Å². The summed E-state index contributed by atoms with van der Waals surface area (Å²) < 4.78 is 0. The van der Waals surface area contributed by atoms with E-state index in [9.17, 15) is 4.79 Å². The number of aromatic nitrogens is 4. The predicted molar refractivity (Wildman–Crippen MR) is 121 cm³/mol. The Kier molecular flexibility index (Phi) is 5.89. The topological polar surface area (TPSA) is 80.7 Å². The van der Waals surface area contributed by atoms with Crippen LogP contribution in [-0.2, 0) is 4.79 Å². The maximum atomic E-state index is 12.4. The van der Waals surface area contributed by atoms with Crippen molar-refractivity contribution in [2.24, 2.45) is 0 Å². The lowest BCUT2D eigenvalue weighted by Gasteiger charge is -2.06. The van der Waals surface area contributed by atoms with E-state index < -0.39 is 0 Å². The maximum Gasteiger partial charge on any atom is 0.236 e. The minimum absolute atomic E-state index is 0.125. The van der Waals surface area contributed by atoms with Crippen LogP contribution in [0.25, 0.3) is 21.3 Å². The third-order valence-electron chi connectivity index (χ3n) is 4.22. The molecule has 0 aliphatic heterocycles.